The molecule has 2 aromatic heterocycles. The van der Waals surface area contributed by atoms with Gasteiger partial charge in [-0.05, 0) is 35.2 Å². The van der Waals surface area contributed by atoms with Crippen molar-refractivity contribution in [3.63, 3.8) is 0 Å². The molecule has 0 radical (unpaired) electrons. The van der Waals surface area contributed by atoms with Crippen molar-refractivity contribution < 1.29 is 23.1 Å². The monoisotopic (exact) mass is 455 g/mol. The summed E-state index contributed by atoms with van der Waals surface area (Å²) in [6.45, 7) is 1.31. The van der Waals surface area contributed by atoms with Crippen molar-refractivity contribution in [2.75, 3.05) is 0 Å². The zero-order valence-corrected chi connectivity index (χ0v) is 17.5. The Kier molecular flexibility index (Phi) is 5.62. The predicted molar refractivity (Wildman–Crippen MR) is 115 cm³/mol. The Labute approximate surface area is 186 Å². The van der Waals surface area contributed by atoms with Gasteiger partial charge in [0.15, 0.2) is 0 Å². The number of aromatic nitrogens is 4. The zero-order valence-electron chi connectivity index (χ0n) is 17.5. The van der Waals surface area contributed by atoms with Crippen molar-refractivity contribution in [2.24, 2.45) is 5.73 Å². The molecule has 4 rings (SSSR count). The molecule has 170 valence electrons. The highest BCUT2D eigenvalue weighted by atomic mass is 19.4. The molecule has 1 atom stereocenters. The van der Waals surface area contributed by atoms with Gasteiger partial charge in [-0.15, -0.1) is 5.10 Å². The van der Waals surface area contributed by atoms with Crippen molar-refractivity contribution in [1.82, 2.24) is 20.0 Å². The van der Waals surface area contributed by atoms with Gasteiger partial charge in [0.1, 0.15) is 11.4 Å². The van der Waals surface area contributed by atoms with Crippen LogP contribution in [0, 0.1) is 0 Å². The lowest BCUT2D eigenvalue weighted by Crippen LogP contribution is -2.42. The van der Waals surface area contributed by atoms with Gasteiger partial charge in [-0.2, -0.15) is 13.2 Å². The van der Waals surface area contributed by atoms with E-state index in [4.69, 9.17) is 5.73 Å². The molecule has 0 aliphatic rings. The van der Waals surface area contributed by atoms with E-state index in [1.54, 1.807) is 18.2 Å². The second-order valence-electron chi connectivity index (χ2n) is 7.65. The van der Waals surface area contributed by atoms with Gasteiger partial charge >= 0.3 is 6.18 Å². The molecule has 0 unspecified atom stereocenters. The van der Waals surface area contributed by atoms with Gasteiger partial charge in [-0.1, -0.05) is 54.6 Å². The fourth-order valence-electron chi connectivity index (χ4n) is 3.63. The van der Waals surface area contributed by atoms with Crippen LogP contribution in [0.1, 0.15) is 35.1 Å². The Morgan fingerprint density at radius 2 is 1.85 bits per heavy atom. The molecule has 3 N–H and O–H groups in total. The van der Waals surface area contributed by atoms with Gasteiger partial charge in [0, 0.05) is 5.39 Å². The molecule has 10 heteroatoms. The first-order valence-electron chi connectivity index (χ1n) is 10.1. The molecule has 0 saturated heterocycles. The molecule has 4 aromatic rings. The van der Waals surface area contributed by atoms with Crippen LogP contribution >= 0.6 is 0 Å². The highest BCUT2D eigenvalue weighted by Crippen LogP contribution is 2.40. The minimum atomic E-state index is -4.88. The van der Waals surface area contributed by atoms with Crippen LogP contribution in [0.4, 0.5) is 13.2 Å². The van der Waals surface area contributed by atoms with E-state index in [1.807, 2.05) is 36.4 Å². The van der Waals surface area contributed by atoms with Gasteiger partial charge in [-0.3, -0.25) is 4.79 Å². The Morgan fingerprint density at radius 3 is 2.48 bits per heavy atom. The first-order chi connectivity index (χ1) is 15.6. The molecule has 0 bridgehead atoms. The fraction of sp³-hybridized carbons (Fsp3) is 0.217. The first kappa shape index (κ1) is 22.4. The Hall–Kier alpha value is -3.79. The van der Waals surface area contributed by atoms with E-state index < -0.39 is 29.8 Å². The quantitative estimate of drug-likeness (QED) is 0.460. The van der Waals surface area contributed by atoms with Crippen LogP contribution < -0.4 is 5.73 Å². The molecule has 2 heterocycles. The second kappa shape index (κ2) is 8.28. The predicted octanol–water partition coefficient (Wildman–Crippen LogP) is 3.80. The molecule has 1 amide bonds. The largest absolute Gasteiger partial charge is 0.423 e. The summed E-state index contributed by atoms with van der Waals surface area (Å²) in [6, 6.07) is 16.4. The summed E-state index contributed by atoms with van der Waals surface area (Å²) in [4.78, 5) is 16.2. The molecule has 0 spiro atoms. The maximum absolute atomic E-state index is 13.3. The zero-order chi connectivity index (χ0) is 23.8. The number of amides is 1. The van der Waals surface area contributed by atoms with Crippen molar-refractivity contribution in [3.8, 4) is 11.1 Å². The maximum atomic E-state index is 13.3. The highest BCUT2D eigenvalue weighted by Gasteiger charge is 2.55. The molecular weight excluding hydrogens is 435 g/mol. The van der Waals surface area contributed by atoms with Gasteiger partial charge < -0.3 is 10.8 Å². The van der Waals surface area contributed by atoms with E-state index in [0.717, 1.165) is 22.7 Å². The average molecular weight is 455 g/mol. The summed E-state index contributed by atoms with van der Waals surface area (Å²) in [5, 5.41) is 18.1. The molecule has 7 nitrogen and oxygen atoms in total. The van der Waals surface area contributed by atoms with Crippen molar-refractivity contribution in [3.05, 3.63) is 77.7 Å². The lowest BCUT2D eigenvalue weighted by Gasteiger charge is -2.26. The van der Waals surface area contributed by atoms with E-state index >= 15 is 0 Å². The molecule has 0 fully saturated rings. The molecule has 2 aromatic carbocycles. The average Bonchev–Trinajstić information content (AvgIpc) is 3.26. The number of aliphatic hydroxyl groups is 1. The summed E-state index contributed by atoms with van der Waals surface area (Å²) in [5.74, 6) is -0.675. The molecule has 0 aliphatic carbocycles. The van der Waals surface area contributed by atoms with Gasteiger partial charge in [0.25, 0.3) is 5.91 Å². The Balaban J connectivity index is 1.72. The third-order valence-electron chi connectivity index (χ3n) is 5.50. The van der Waals surface area contributed by atoms with E-state index in [-0.39, 0.29) is 12.2 Å². The number of hydrogen-bond donors (Lipinski definition) is 2. The van der Waals surface area contributed by atoms with E-state index in [1.165, 1.54) is 11.6 Å². The van der Waals surface area contributed by atoms with Crippen LogP contribution in [-0.4, -0.2) is 37.2 Å². The second-order valence-corrected chi connectivity index (χ2v) is 7.65. The number of fused-ring (bicyclic) bond motifs is 1. The lowest BCUT2D eigenvalue weighted by atomic mass is 9.96. The number of alkyl halides is 3. The number of nitrogens with zero attached hydrogens (tertiary/aromatic N) is 4. The van der Waals surface area contributed by atoms with Gasteiger partial charge in [-0.25, -0.2) is 9.67 Å². The minimum absolute atomic E-state index is 0.0870. The number of hydrogen-bond acceptors (Lipinski definition) is 5. The summed E-state index contributed by atoms with van der Waals surface area (Å²) in [5.41, 5.74) is 4.75. The third kappa shape index (κ3) is 4.17. The summed E-state index contributed by atoms with van der Waals surface area (Å²) in [7, 11) is 0. The SMILES string of the molecule is CC[C@](O)(c1cn(Cc2ccc3c(-c4ccccc4)cc(C(N)=O)nc3c2)nn1)C(F)(F)F. The highest BCUT2D eigenvalue weighted by molar-refractivity contribution is 6.00. The molecule has 0 aliphatic heterocycles. The smallest absolute Gasteiger partial charge is 0.375 e. The van der Waals surface area contributed by atoms with Crippen molar-refractivity contribution >= 4 is 16.8 Å². The van der Waals surface area contributed by atoms with Gasteiger partial charge in [0.05, 0.1) is 18.3 Å². The fourth-order valence-corrected chi connectivity index (χ4v) is 3.63. The number of nitrogens with two attached hydrogens (primary N) is 1. The first-order valence-corrected chi connectivity index (χ1v) is 10.1. The maximum Gasteiger partial charge on any atom is 0.423 e. The summed E-state index contributed by atoms with van der Waals surface area (Å²) >= 11 is 0. The summed E-state index contributed by atoms with van der Waals surface area (Å²) < 4.78 is 41.1. The number of benzene rings is 2. The standard InChI is InChI=1S/C23H20F3N5O2/c1-2-22(33,23(24,25)26)20-13-31(30-29-20)12-14-8-9-16-17(15-6-4-3-5-7-15)11-19(21(27)32)28-18(16)10-14/h3-11,13,33H,2,12H2,1H3,(H2,27,32)/t22-/m0/s1. The van der Waals surface area contributed by atoms with Crippen molar-refractivity contribution in [1.29, 1.82) is 0 Å². The number of carbonyl (C=O) groups excluding carboxylic acids is 1. The van der Waals surface area contributed by atoms with Crippen LogP contribution in [0.5, 0.6) is 0 Å². The minimum Gasteiger partial charge on any atom is -0.375 e. The van der Waals surface area contributed by atoms with E-state index in [0.29, 0.717) is 11.1 Å². The van der Waals surface area contributed by atoms with E-state index in [2.05, 4.69) is 15.3 Å². The number of rotatable bonds is 6. The molecule has 0 saturated carbocycles. The van der Waals surface area contributed by atoms with Crippen LogP contribution in [0.3, 0.4) is 0 Å². The number of carbonyl (C=O) groups is 1. The van der Waals surface area contributed by atoms with Crippen molar-refractivity contribution in [2.45, 2.75) is 31.7 Å². The van der Waals surface area contributed by atoms with Crippen LogP contribution in [-0.2, 0) is 12.1 Å². The van der Waals surface area contributed by atoms with Crippen LogP contribution in [0.2, 0.25) is 0 Å². The number of pyridine rings is 1. The topological polar surface area (TPSA) is 107 Å². The van der Waals surface area contributed by atoms with Gasteiger partial charge in [0.2, 0.25) is 5.60 Å². The molecular formula is C23H20F3N5O2. The van der Waals surface area contributed by atoms with E-state index in [9.17, 15) is 23.1 Å². The normalized spacial score (nSPS) is 13.7. The number of primary amides is 1. The number of halogens is 3. The van der Waals surface area contributed by atoms with Crippen LogP contribution in [0.25, 0.3) is 22.0 Å². The van der Waals surface area contributed by atoms with Crippen LogP contribution in [0.15, 0.2) is 60.8 Å². The Morgan fingerprint density at radius 1 is 1.12 bits per heavy atom. The Bertz CT molecular complexity index is 1320. The summed E-state index contributed by atoms with van der Waals surface area (Å²) in [6.07, 6.45) is -4.40. The lowest BCUT2D eigenvalue weighted by molar-refractivity contribution is -0.269. The molecule has 33 heavy (non-hydrogen) atoms. The third-order valence-corrected chi connectivity index (χ3v) is 5.50.